The molecule has 6 heteroatoms. The standard InChI is InChI=1S/C16H19N3O3/c1-9(2)15-14(10(3)19-22-15)16(21)18-13-7-5-6-12(8-13)17-11(4)20/h5-9H,1-4H3,(H,17,20)(H,18,21). The van der Waals surface area contributed by atoms with Crippen LogP contribution in [0.4, 0.5) is 11.4 Å². The van der Waals surface area contributed by atoms with Crippen LogP contribution in [0.5, 0.6) is 0 Å². The van der Waals surface area contributed by atoms with Gasteiger partial charge in [-0.2, -0.15) is 0 Å². The lowest BCUT2D eigenvalue weighted by atomic mass is 10.0. The Balaban J connectivity index is 2.22. The molecule has 2 aromatic rings. The molecule has 0 bridgehead atoms. The predicted octanol–water partition coefficient (Wildman–Crippen LogP) is 3.32. The first-order chi connectivity index (χ1) is 10.4. The van der Waals surface area contributed by atoms with Gasteiger partial charge in [0.15, 0.2) is 5.76 Å². The lowest BCUT2D eigenvalue weighted by Crippen LogP contribution is -2.15. The van der Waals surface area contributed by atoms with E-state index < -0.39 is 0 Å². The van der Waals surface area contributed by atoms with Crippen molar-refractivity contribution in [1.82, 2.24) is 5.16 Å². The van der Waals surface area contributed by atoms with Crippen molar-refractivity contribution in [2.45, 2.75) is 33.6 Å². The lowest BCUT2D eigenvalue weighted by Gasteiger charge is -2.09. The van der Waals surface area contributed by atoms with Crippen molar-refractivity contribution in [1.29, 1.82) is 0 Å². The van der Waals surface area contributed by atoms with Crippen LogP contribution in [0, 0.1) is 6.92 Å². The van der Waals surface area contributed by atoms with E-state index in [4.69, 9.17) is 4.52 Å². The lowest BCUT2D eigenvalue weighted by molar-refractivity contribution is -0.114. The minimum atomic E-state index is -0.276. The van der Waals surface area contributed by atoms with E-state index in [9.17, 15) is 9.59 Å². The van der Waals surface area contributed by atoms with Gasteiger partial charge in [-0.1, -0.05) is 25.1 Å². The summed E-state index contributed by atoms with van der Waals surface area (Å²) >= 11 is 0. The van der Waals surface area contributed by atoms with Crippen LogP contribution in [0.3, 0.4) is 0 Å². The summed E-state index contributed by atoms with van der Waals surface area (Å²) in [6.07, 6.45) is 0. The Morgan fingerprint density at radius 3 is 2.41 bits per heavy atom. The van der Waals surface area contributed by atoms with Crippen molar-refractivity contribution < 1.29 is 14.1 Å². The molecule has 116 valence electrons. The number of amides is 2. The summed E-state index contributed by atoms with van der Waals surface area (Å²) in [5, 5.41) is 9.34. The van der Waals surface area contributed by atoms with E-state index >= 15 is 0 Å². The topological polar surface area (TPSA) is 84.2 Å². The first-order valence-corrected chi connectivity index (χ1v) is 7.03. The third kappa shape index (κ3) is 3.52. The number of aromatic nitrogens is 1. The summed E-state index contributed by atoms with van der Waals surface area (Å²) in [5.41, 5.74) is 2.22. The van der Waals surface area contributed by atoms with Gasteiger partial charge in [-0.05, 0) is 25.1 Å². The van der Waals surface area contributed by atoms with Gasteiger partial charge < -0.3 is 15.2 Å². The van der Waals surface area contributed by atoms with Gasteiger partial charge in [-0.25, -0.2) is 0 Å². The molecule has 2 rings (SSSR count). The molecular weight excluding hydrogens is 282 g/mol. The van der Waals surface area contributed by atoms with Gasteiger partial charge >= 0.3 is 0 Å². The van der Waals surface area contributed by atoms with Gasteiger partial charge in [0.25, 0.3) is 5.91 Å². The molecule has 1 aromatic heterocycles. The van der Waals surface area contributed by atoms with Gasteiger partial charge in [0, 0.05) is 24.2 Å². The molecule has 0 radical (unpaired) electrons. The highest BCUT2D eigenvalue weighted by Crippen LogP contribution is 2.24. The fraction of sp³-hybridized carbons (Fsp3) is 0.312. The molecule has 1 heterocycles. The first kappa shape index (κ1) is 15.8. The zero-order chi connectivity index (χ0) is 16.3. The van der Waals surface area contributed by atoms with Gasteiger partial charge in [0.1, 0.15) is 5.56 Å². The van der Waals surface area contributed by atoms with Crippen molar-refractivity contribution in [3.05, 3.63) is 41.3 Å². The normalized spacial score (nSPS) is 10.6. The van der Waals surface area contributed by atoms with E-state index in [0.717, 1.165) is 0 Å². The first-order valence-electron chi connectivity index (χ1n) is 7.03. The van der Waals surface area contributed by atoms with E-state index in [1.54, 1.807) is 31.2 Å². The van der Waals surface area contributed by atoms with Crippen LogP contribution < -0.4 is 10.6 Å². The Bertz CT molecular complexity index is 704. The number of hydrogen-bond acceptors (Lipinski definition) is 4. The number of benzene rings is 1. The number of carbonyl (C=O) groups is 2. The predicted molar refractivity (Wildman–Crippen MR) is 84.0 cm³/mol. The molecule has 0 saturated carbocycles. The van der Waals surface area contributed by atoms with Gasteiger partial charge in [0.05, 0.1) is 5.69 Å². The second-order valence-corrected chi connectivity index (χ2v) is 5.38. The van der Waals surface area contributed by atoms with Gasteiger partial charge in [0.2, 0.25) is 5.91 Å². The Hall–Kier alpha value is -2.63. The molecule has 0 unspecified atom stereocenters. The van der Waals surface area contributed by atoms with Crippen LogP contribution in [-0.2, 0) is 4.79 Å². The van der Waals surface area contributed by atoms with Crippen molar-refractivity contribution in [3.8, 4) is 0 Å². The summed E-state index contributed by atoms with van der Waals surface area (Å²) < 4.78 is 5.22. The smallest absolute Gasteiger partial charge is 0.261 e. The van der Waals surface area contributed by atoms with Crippen LogP contribution in [0.25, 0.3) is 0 Å². The molecule has 0 aliphatic heterocycles. The van der Waals surface area contributed by atoms with Crippen molar-refractivity contribution in [2.24, 2.45) is 0 Å². The second kappa shape index (κ2) is 6.43. The summed E-state index contributed by atoms with van der Waals surface area (Å²) in [6, 6.07) is 6.95. The van der Waals surface area contributed by atoms with E-state index in [2.05, 4.69) is 15.8 Å². The van der Waals surface area contributed by atoms with Crippen LogP contribution >= 0.6 is 0 Å². The third-order valence-electron chi connectivity index (χ3n) is 3.08. The van der Waals surface area contributed by atoms with Crippen molar-refractivity contribution in [2.75, 3.05) is 10.6 Å². The van der Waals surface area contributed by atoms with Crippen molar-refractivity contribution in [3.63, 3.8) is 0 Å². The average Bonchev–Trinajstić information content (AvgIpc) is 2.80. The van der Waals surface area contributed by atoms with E-state index in [0.29, 0.717) is 28.4 Å². The number of nitrogens with zero attached hydrogens (tertiary/aromatic N) is 1. The molecular formula is C16H19N3O3. The molecule has 22 heavy (non-hydrogen) atoms. The van der Waals surface area contributed by atoms with E-state index in [-0.39, 0.29) is 17.7 Å². The molecule has 0 aliphatic rings. The average molecular weight is 301 g/mol. The highest BCUT2D eigenvalue weighted by Gasteiger charge is 2.22. The number of hydrogen-bond donors (Lipinski definition) is 2. The minimum absolute atomic E-state index is 0.0627. The van der Waals surface area contributed by atoms with Gasteiger partial charge in [-0.3, -0.25) is 9.59 Å². The Morgan fingerprint density at radius 2 is 1.82 bits per heavy atom. The maximum atomic E-state index is 12.5. The number of anilines is 2. The SMILES string of the molecule is CC(=O)Nc1cccc(NC(=O)c2c(C)noc2C(C)C)c1. The highest BCUT2D eigenvalue weighted by atomic mass is 16.5. The van der Waals surface area contributed by atoms with Crippen LogP contribution in [0.2, 0.25) is 0 Å². The van der Waals surface area contributed by atoms with Gasteiger partial charge in [-0.15, -0.1) is 0 Å². The molecule has 0 spiro atoms. The zero-order valence-corrected chi connectivity index (χ0v) is 13.1. The van der Waals surface area contributed by atoms with Crippen LogP contribution in [0.1, 0.15) is 48.5 Å². The van der Waals surface area contributed by atoms with Crippen LogP contribution in [0.15, 0.2) is 28.8 Å². The maximum Gasteiger partial charge on any atom is 0.261 e. The largest absolute Gasteiger partial charge is 0.360 e. The summed E-state index contributed by atoms with van der Waals surface area (Å²) in [6.45, 7) is 7.04. The number of carbonyl (C=O) groups excluding carboxylic acids is 2. The minimum Gasteiger partial charge on any atom is -0.360 e. The Labute approximate surface area is 128 Å². The summed E-state index contributed by atoms with van der Waals surface area (Å²) in [4.78, 5) is 23.5. The molecule has 2 amide bonds. The molecule has 0 aliphatic carbocycles. The monoisotopic (exact) mass is 301 g/mol. The molecule has 0 atom stereocenters. The fourth-order valence-electron chi connectivity index (χ4n) is 2.13. The molecule has 0 saturated heterocycles. The molecule has 2 N–H and O–H groups in total. The van der Waals surface area contributed by atoms with Crippen molar-refractivity contribution >= 4 is 23.2 Å². The Morgan fingerprint density at radius 1 is 1.18 bits per heavy atom. The summed E-state index contributed by atoms with van der Waals surface area (Å²) in [7, 11) is 0. The fourth-order valence-corrected chi connectivity index (χ4v) is 2.13. The zero-order valence-electron chi connectivity index (χ0n) is 13.1. The second-order valence-electron chi connectivity index (χ2n) is 5.38. The van der Waals surface area contributed by atoms with Crippen LogP contribution in [-0.4, -0.2) is 17.0 Å². The summed E-state index contributed by atoms with van der Waals surface area (Å²) in [5.74, 6) is 0.184. The molecule has 6 nitrogen and oxygen atoms in total. The highest BCUT2D eigenvalue weighted by molar-refractivity contribution is 6.06. The number of aryl methyl sites for hydroxylation is 1. The third-order valence-corrected chi connectivity index (χ3v) is 3.08. The van der Waals surface area contributed by atoms with E-state index in [1.807, 2.05) is 13.8 Å². The Kier molecular flexibility index (Phi) is 4.60. The number of nitrogens with one attached hydrogen (secondary N) is 2. The van der Waals surface area contributed by atoms with E-state index in [1.165, 1.54) is 6.92 Å². The maximum absolute atomic E-state index is 12.5. The molecule has 0 fully saturated rings. The quantitative estimate of drug-likeness (QED) is 0.907. The molecule has 1 aromatic carbocycles. The number of rotatable bonds is 4.